The first-order valence-corrected chi connectivity index (χ1v) is 7.98. The van der Waals surface area contributed by atoms with E-state index >= 15 is 0 Å². The number of rotatable bonds is 1. The minimum atomic E-state index is -0.500. The summed E-state index contributed by atoms with van der Waals surface area (Å²) in [5.41, 5.74) is 0.383. The summed E-state index contributed by atoms with van der Waals surface area (Å²) in [6.45, 7) is 7.00. The van der Waals surface area contributed by atoms with Crippen LogP contribution >= 0.6 is 27.5 Å². The Bertz CT molecular complexity index is 530. The highest BCUT2D eigenvalue weighted by Crippen LogP contribution is 2.31. The molecular weight excluding hydrogens is 358 g/mol. The highest BCUT2D eigenvalue weighted by Gasteiger charge is 2.29. The Balaban J connectivity index is 2.08. The molecule has 0 saturated carbocycles. The molecule has 116 valence electrons. The van der Waals surface area contributed by atoms with E-state index in [1.807, 2.05) is 39.0 Å². The Labute approximate surface area is 138 Å². The standard InChI is InChI=1S/C15H19BrClNO3/c1-15(2,3)21-14(19)18-6-7-20-13(9-18)11-5-4-10(16)8-12(11)17/h4-5,8,13H,6-7,9H2,1-3H3/t13-/m1/s1. The van der Waals surface area contributed by atoms with Crippen LogP contribution in [0.15, 0.2) is 22.7 Å². The van der Waals surface area contributed by atoms with Crippen molar-refractivity contribution >= 4 is 33.6 Å². The predicted octanol–water partition coefficient (Wildman–Crippen LogP) is 4.41. The van der Waals surface area contributed by atoms with Crippen molar-refractivity contribution in [1.29, 1.82) is 0 Å². The fourth-order valence-electron chi connectivity index (χ4n) is 2.09. The Morgan fingerprint density at radius 3 is 2.81 bits per heavy atom. The minimum Gasteiger partial charge on any atom is -0.444 e. The topological polar surface area (TPSA) is 38.8 Å². The zero-order chi connectivity index (χ0) is 15.6. The molecular formula is C15H19BrClNO3. The van der Waals surface area contributed by atoms with Crippen LogP contribution in [0, 0.1) is 0 Å². The van der Waals surface area contributed by atoms with Crippen LogP contribution in [0.5, 0.6) is 0 Å². The molecule has 0 spiro atoms. The molecule has 0 bridgehead atoms. The maximum atomic E-state index is 12.1. The van der Waals surface area contributed by atoms with Crippen LogP contribution in [-0.4, -0.2) is 36.3 Å². The third-order valence-corrected chi connectivity index (χ3v) is 3.85. The van der Waals surface area contributed by atoms with Gasteiger partial charge in [0, 0.05) is 21.6 Å². The number of ether oxygens (including phenoxy) is 2. The van der Waals surface area contributed by atoms with Crippen molar-refractivity contribution in [1.82, 2.24) is 4.90 Å². The van der Waals surface area contributed by atoms with Gasteiger partial charge in [0.2, 0.25) is 0 Å². The lowest BCUT2D eigenvalue weighted by Gasteiger charge is -2.34. The van der Waals surface area contributed by atoms with Crippen molar-refractivity contribution in [3.05, 3.63) is 33.3 Å². The molecule has 2 rings (SSSR count). The summed E-state index contributed by atoms with van der Waals surface area (Å²) in [6.07, 6.45) is -0.545. The molecule has 6 heteroatoms. The fraction of sp³-hybridized carbons (Fsp3) is 0.533. The van der Waals surface area contributed by atoms with E-state index in [-0.39, 0.29) is 12.2 Å². The third-order valence-electron chi connectivity index (χ3n) is 3.03. The first-order valence-electron chi connectivity index (χ1n) is 6.81. The van der Waals surface area contributed by atoms with Crippen molar-refractivity contribution < 1.29 is 14.3 Å². The second-order valence-corrected chi connectivity index (χ2v) is 7.27. The largest absolute Gasteiger partial charge is 0.444 e. The number of carbonyl (C=O) groups excluding carboxylic acids is 1. The predicted molar refractivity (Wildman–Crippen MR) is 85.7 cm³/mol. The van der Waals surface area contributed by atoms with Gasteiger partial charge in [-0.15, -0.1) is 0 Å². The summed E-state index contributed by atoms with van der Waals surface area (Å²) < 4.78 is 12.1. The van der Waals surface area contributed by atoms with Gasteiger partial charge in [0.25, 0.3) is 0 Å². The SMILES string of the molecule is CC(C)(C)OC(=O)N1CCO[C@@H](c2ccc(Br)cc2Cl)C1. The summed E-state index contributed by atoms with van der Waals surface area (Å²) in [5, 5.41) is 0.625. The molecule has 1 saturated heterocycles. The van der Waals surface area contributed by atoms with Crippen LogP contribution in [0.1, 0.15) is 32.4 Å². The molecule has 1 aromatic carbocycles. The number of halogens is 2. The Kier molecular flexibility index (Phi) is 5.17. The van der Waals surface area contributed by atoms with Crippen LogP contribution in [0.2, 0.25) is 5.02 Å². The van der Waals surface area contributed by atoms with Crippen LogP contribution in [0.25, 0.3) is 0 Å². The van der Waals surface area contributed by atoms with E-state index in [4.69, 9.17) is 21.1 Å². The molecule has 0 N–H and O–H groups in total. The van der Waals surface area contributed by atoms with Gasteiger partial charge in [0.05, 0.1) is 13.2 Å². The van der Waals surface area contributed by atoms with Crippen LogP contribution < -0.4 is 0 Å². The number of benzene rings is 1. The van der Waals surface area contributed by atoms with Crippen molar-refractivity contribution in [3.63, 3.8) is 0 Å². The molecule has 4 nitrogen and oxygen atoms in total. The molecule has 0 radical (unpaired) electrons. The van der Waals surface area contributed by atoms with Gasteiger partial charge in [-0.3, -0.25) is 0 Å². The van der Waals surface area contributed by atoms with Gasteiger partial charge in [-0.1, -0.05) is 33.6 Å². The Morgan fingerprint density at radius 1 is 1.48 bits per heavy atom. The van der Waals surface area contributed by atoms with Crippen molar-refractivity contribution in [2.75, 3.05) is 19.7 Å². The highest BCUT2D eigenvalue weighted by molar-refractivity contribution is 9.10. The summed E-state index contributed by atoms with van der Waals surface area (Å²) in [6, 6.07) is 5.65. The van der Waals surface area contributed by atoms with Gasteiger partial charge < -0.3 is 14.4 Å². The first-order chi connectivity index (χ1) is 9.76. The molecule has 0 aromatic heterocycles. The van der Waals surface area contributed by atoms with Crippen LogP contribution in [-0.2, 0) is 9.47 Å². The molecule has 0 unspecified atom stereocenters. The lowest BCUT2D eigenvalue weighted by molar-refractivity contribution is -0.0432. The molecule has 1 aromatic rings. The number of hydrogen-bond acceptors (Lipinski definition) is 3. The van der Waals surface area contributed by atoms with Gasteiger partial charge in [0.15, 0.2) is 0 Å². The summed E-state index contributed by atoms with van der Waals surface area (Å²) in [4.78, 5) is 13.8. The number of amides is 1. The zero-order valence-corrected chi connectivity index (χ0v) is 14.7. The smallest absolute Gasteiger partial charge is 0.410 e. The van der Waals surface area contributed by atoms with E-state index in [0.717, 1.165) is 10.0 Å². The average Bonchev–Trinajstić information content (AvgIpc) is 2.37. The molecule has 1 fully saturated rings. The lowest BCUT2D eigenvalue weighted by atomic mass is 10.1. The summed E-state index contributed by atoms with van der Waals surface area (Å²) in [5.74, 6) is 0. The van der Waals surface area contributed by atoms with E-state index in [1.54, 1.807) is 4.90 Å². The molecule has 1 heterocycles. The van der Waals surface area contributed by atoms with E-state index in [2.05, 4.69) is 15.9 Å². The normalized spacial score (nSPS) is 19.5. The van der Waals surface area contributed by atoms with Gasteiger partial charge in [-0.05, 0) is 32.9 Å². The van der Waals surface area contributed by atoms with Gasteiger partial charge in [-0.2, -0.15) is 0 Å². The third kappa shape index (κ3) is 4.59. The molecule has 1 atom stereocenters. The number of carbonyl (C=O) groups is 1. The van der Waals surface area contributed by atoms with E-state index in [9.17, 15) is 4.79 Å². The van der Waals surface area contributed by atoms with Gasteiger partial charge in [-0.25, -0.2) is 4.79 Å². The van der Waals surface area contributed by atoms with Gasteiger partial charge in [0.1, 0.15) is 11.7 Å². The second-order valence-electron chi connectivity index (χ2n) is 5.95. The number of morpholine rings is 1. The Hall–Kier alpha value is -0.780. The molecule has 1 aliphatic rings. The number of nitrogens with zero attached hydrogens (tertiary/aromatic N) is 1. The maximum absolute atomic E-state index is 12.1. The van der Waals surface area contributed by atoms with Crippen LogP contribution in [0.3, 0.4) is 0 Å². The molecule has 0 aliphatic carbocycles. The monoisotopic (exact) mass is 375 g/mol. The number of hydrogen-bond donors (Lipinski definition) is 0. The van der Waals surface area contributed by atoms with Crippen LogP contribution in [0.4, 0.5) is 4.79 Å². The first kappa shape index (κ1) is 16.6. The van der Waals surface area contributed by atoms with E-state index < -0.39 is 5.60 Å². The zero-order valence-electron chi connectivity index (χ0n) is 12.4. The van der Waals surface area contributed by atoms with Crippen molar-refractivity contribution in [2.24, 2.45) is 0 Å². The second kappa shape index (κ2) is 6.55. The van der Waals surface area contributed by atoms with Gasteiger partial charge >= 0.3 is 6.09 Å². The fourth-order valence-corrected chi connectivity index (χ4v) is 2.89. The average molecular weight is 377 g/mol. The molecule has 21 heavy (non-hydrogen) atoms. The highest BCUT2D eigenvalue weighted by atomic mass is 79.9. The summed E-state index contributed by atoms with van der Waals surface area (Å²) in [7, 11) is 0. The van der Waals surface area contributed by atoms with Crippen molar-refractivity contribution in [2.45, 2.75) is 32.5 Å². The lowest BCUT2D eigenvalue weighted by Crippen LogP contribution is -2.44. The van der Waals surface area contributed by atoms with E-state index in [0.29, 0.717) is 24.7 Å². The molecule has 1 amide bonds. The minimum absolute atomic E-state index is 0.230. The Morgan fingerprint density at radius 2 is 2.19 bits per heavy atom. The maximum Gasteiger partial charge on any atom is 0.410 e. The van der Waals surface area contributed by atoms with Crippen molar-refractivity contribution in [3.8, 4) is 0 Å². The summed E-state index contributed by atoms with van der Waals surface area (Å²) >= 11 is 9.63. The quantitative estimate of drug-likeness (QED) is 0.728. The van der Waals surface area contributed by atoms with E-state index in [1.165, 1.54) is 0 Å². The molecule has 1 aliphatic heterocycles.